The Morgan fingerprint density at radius 1 is 0.786 bits per heavy atom. The maximum atomic E-state index is 3.89. The fraction of sp³-hybridized carbons (Fsp3) is 0. The quantitative estimate of drug-likeness (QED) is 0.439. The number of rotatable bonds is 1. The van der Waals surface area contributed by atoms with Crippen LogP contribution in [0.5, 0.6) is 0 Å². The first-order valence-electron chi connectivity index (χ1n) is 3.62. The van der Waals surface area contributed by atoms with E-state index in [-0.39, 0.29) is 34.0 Å². The van der Waals surface area contributed by atoms with Crippen LogP contribution in [-0.4, -0.2) is 12.4 Å². The van der Waals surface area contributed by atoms with Crippen molar-refractivity contribution in [2.45, 2.75) is 0 Å². The monoisotopic (exact) mass is 312 g/mol. The van der Waals surface area contributed by atoms with Crippen LogP contribution in [0.15, 0.2) is 57.8 Å². The maximum Gasteiger partial charge on any atom is 0.263 e. The highest BCUT2D eigenvalue weighted by atomic mass is 79.9. The van der Waals surface area contributed by atoms with Gasteiger partial charge in [0.25, 0.3) is 11.1 Å². The van der Waals surface area contributed by atoms with Crippen molar-refractivity contribution in [3.8, 4) is 0 Å². The highest BCUT2D eigenvalue weighted by Crippen LogP contribution is 2.11. The van der Waals surface area contributed by atoms with Crippen LogP contribution in [-0.2, 0) is 0 Å². The maximum absolute atomic E-state index is 3.89. The average molecular weight is 314 g/mol. The van der Waals surface area contributed by atoms with E-state index in [1.54, 1.807) is 12.4 Å². The molecular weight excluding hydrogens is 308 g/mol. The SMILES string of the molecule is [Br-].[Br-].[C+]1=NC=CC=C1C1=CC=CN=[C+]1. The predicted octanol–water partition coefficient (Wildman–Crippen LogP) is -4.20. The van der Waals surface area contributed by atoms with Gasteiger partial charge in [-0.25, -0.2) is 0 Å². The molecule has 0 radical (unpaired) electrons. The molecule has 0 unspecified atom stereocenters. The van der Waals surface area contributed by atoms with Gasteiger partial charge < -0.3 is 34.0 Å². The molecule has 0 aromatic heterocycles. The normalized spacial score (nSPS) is 15.4. The third-order valence-corrected chi connectivity index (χ3v) is 1.51. The molecular formula is C10H6Br2N2. The third kappa shape index (κ3) is 3.09. The number of hydrogen-bond acceptors (Lipinski definition) is 2. The van der Waals surface area contributed by atoms with Crippen LogP contribution >= 0.6 is 0 Å². The van der Waals surface area contributed by atoms with Crippen molar-refractivity contribution in [1.82, 2.24) is 0 Å². The van der Waals surface area contributed by atoms with E-state index in [2.05, 4.69) is 22.4 Å². The summed E-state index contributed by atoms with van der Waals surface area (Å²) in [5.41, 5.74) is 1.84. The van der Waals surface area contributed by atoms with Gasteiger partial charge in [0.05, 0.1) is 24.3 Å². The van der Waals surface area contributed by atoms with Crippen molar-refractivity contribution < 1.29 is 34.0 Å². The summed E-state index contributed by atoms with van der Waals surface area (Å²) in [6, 6.07) is 0. The molecule has 0 spiro atoms. The minimum absolute atomic E-state index is 0. The Balaban J connectivity index is 0.000000845. The van der Waals surface area contributed by atoms with E-state index >= 15 is 0 Å². The fourth-order valence-corrected chi connectivity index (χ4v) is 0.953. The molecule has 4 heteroatoms. The second-order valence-electron chi connectivity index (χ2n) is 2.33. The second-order valence-corrected chi connectivity index (χ2v) is 2.33. The molecule has 2 aliphatic rings. The van der Waals surface area contributed by atoms with Gasteiger partial charge in [-0.1, -0.05) is 9.98 Å². The molecule has 0 amide bonds. The van der Waals surface area contributed by atoms with Gasteiger partial charge in [0.2, 0.25) is 0 Å². The summed E-state index contributed by atoms with van der Waals surface area (Å²) in [5, 5.41) is 0. The highest BCUT2D eigenvalue weighted by molar-refractivity contribution is 6.00. The zero-order valence-electron chi connectivity index (χ0n) is 7.11. The Labute approximate surface area is 104 Å². The molecule has 2 nitrogen and oxygen atoms in total. The molecule has 0 atom stereocenters. The summed E-state index contributed by atoms with van der Waals surface area (Å²) in [4.78, 5) is 7.78. The lowest BCUT2D eigenvalue weighted by Gasteiger charge is -1.85. The largest absolute Gasteiger partial charge is 1.00 e. The number of aliphatic imine (C=N–C) groups is 2. The van der Waals surface area contributed by atoms with E-state index in [0.29, 0.717) is 0 Å². The van der Waals surface area contributed by atoms with Gasteiger partial charge in [-0.3, -0.25) is 0 Å². The van der Waals surface area contributed by atoms with Gasteiger partial charge in [-0.2, -0.15) is 0 Å². The minimum atomic E-state index is 0. The third-order valence-electron chi connectivity index (χ3n) is 1.51. The van der Waals surface area contributed by atoms with Crippen LogP contribution in [0, 0.1) is 0 Å². The Morgan fingerprint density at radius 3 is 1.50 bits per heavy atom. The van der Waals surface area contributed by atoms with Crippen LogP contribution < -0.4 is 34.0 Å². The van der Waals surface area contributed by atoms with Crippen molar-refractivity contribution in [1.29, 1.82) is 0 Å². The average Bonchev–Trinajstić information content (AvgIpc) is 2.21. The summed E-state index contributed by atoms with van der Waals surface area (Å²) in [6.45, 7) is 0. The van der Waals surface area contributed by atoms with Crippen molar-refractivity contribution in [3.05, 3.63) is 47.9 Å². The molecule has 2 heterocycles. The van der Waals surface area contributed by atoms with Crippen molar-refractivity contribution in [3.63, 3.8) is 0 Å². The summed E-state index contributed by atoms with van der Waals surface area (Å²) >= 11 is 0. The van der Waals surface area contributed by atoms with Gasteiger partial charge >= 0.3 is 0 Å². The number of hydrogen-bond donors (Lipinski definition) is 0. The molecule has 0 bridgehead atoms. The molecule has 2 rings (SSSR count). The molecule has 0 saturated carbocycles. The highest BCUT2D eigenvalue weighted by Gasteiger charge is 2.21. The molecule has 0 aliphatic carbocycles. The van der Waals surface area contributed by atoms with Crippen LogP contribution in [0.1, 0.15) is 0 Å². The first-order valence-corrected chi connectivity index (χ1v) is 3.62. The van der Waals surface area contributed by atoms with E-state index < -0.39 is 0 Å². The zero-order chi connectivity index (χ0) is 8.23. The second kappa shape index (κ2) is 6.52. The topological polar surface area (TPSA) is 24.7 Å². The molecule has 0 N–H and O–H groups in total. The van der Waals surface area contributed by atoms with Gasteiger partial charge in [-0.05, 0) is 0 Å². The predicted molar refractivity (Wildman–Crippen MR) is 49.3 cm³/mol. The van der Waals surface area contributed by atoms with Gasteiger partial charge in [0.1, 0.15) is 12.4 Å². The molecule has 70 valence electrons. The lowest BCUT2D eigenvalue weighted by Crippen LogP contribution is -3.00. The molecule has 2 aliphatic heterocycles. The summed E-state index contributed by atoms with van der Waals surface area (Å²) in [5.74, 6) is 0. The van der Waals surface area contributed by atoms with E-state index in [0.717, 1.165) is 11.1 Å². The van der Waals surface area contributed by atoms with Crippen molar-refractivity contribution >= 4 is 12.4 Å². The Bertz CT molecular complexity index is 324. The number of allylic oxidation sites excluding steroid dienone is 6. The Morgan fingerprint density at radius 2 is 1.21 bits per heavy atom. The van der Waals surface area contributed by atoms with Crippen molar-refractivity contribution in [2.75, 3.05) is 0 Å². The Hall–Kier alpha value is -0.920. The van der Waals surface area contributed by atoms with Gasteiger partial charge in [-0.15, -0.1) is 0 Å². The summed E-state index contributed by atoms with van der Waals surface area (Å²) < 4.78 is 0. The number of nitrogens with zero attached hydrogens (tertiary/aromatic N) is 2. The van der Waals surface area contributed by atoms with Crippen LogP contribution in [0.4, 0.5) is 0 Å². The number of halogens is 2. The summed E-state index contributed by atoms with van der Waals surface area (Å²) in [6.07, 6.45) is 16.7. The van der Waals surface area contributed by atoms with E-state index in [1.807, 2.05) is 24.3 Å². The van der Waals surface area contributed by atoms with Crippen LogP contribution in [0.3, 0.4) is 0 Å². The van der Waals surface area contributed by atoms with Crippen molar-refractivity contribution in [2.24, 2.45) is 9.98 Å². The van der Waals surface area contributed by atoms with Crippen LogP contribution in [0.2, 0.25) is 0 Å². The minimum Gasteiger partial charge on any atom is -1.00 e. The molecule has 0 aromatic rings. The van der Waals surface area contributed by atoms with Gasteiger partial charge in [0, 0.05) is 0 Å². The fourth-order valence-electron chi connectivity index (χ4n) is 0.953. The van der Waals surface area contributed by atoms with Crippen LogP contribution in [0.25, 0.3) is 0 Å². The van der Waals surface area contributed by atoms with E-state index in [1.165, 1.54) is 0 Å². The molecule has 14 heavy (non-hydrogen) atoms. The van der Waals surface area contributed by atoms with Gasteiger partial charge in [0.15, 0.2) is 12.4 Å². The lowest BCUT2D eigenvalue weighted by molar-refractivity contribution is -0.00100. The zero-order valence-corrected chi connectivity index (χ0v) is 10.3. The first kappa shape index (κ1) is 13.1. The standard InChI is InChI=1S/C10H6N2.2BrH/c1-3-9(7-11-5-1)10-4-2-6-12-8-10;;/h1-6H;2*1H/q+2;;/p-2. The smallest absolute Gasteiger partial charge is 0.263 e. The van der Waals surface area contributed by atoms with E-state index in [9.17, 15) is 0 Å². The Kier molecular flexibility index (Phi) is 6.09. The van der Waals surface area contributed by atoms with E-state index in [4.69, 9.17) is 0 Å². The first-order chi connectivity index (χ1) is 5.97. The molecule has 0 fully saturated rings. The molecule has 0 saturated heterocycles. The molecule has 0 aromatic carbocycles. The summed E-state index contributed by atoms with van der Waals surface area (Å²) in [7, 11) is 0. The lowest BCUT2D eigenvalue weighted by atomic mass is 10.1.